The van der Waals surface area contributed by atoms with Gasteiger partial charge in [0.05, 0.1) is 0 Å². The van der Waals surface area contributed by atoms with Gasteiger partial charge in [0.2, 0.25) is 0 Å². The Kier molecular flexibility index (Phi) is 2.35. The maximum atomic E-state index is 10.4. The summed E-state index contributed by atoms with van der Waals surface area (Å²) in [4.78, 5) is 0. The molecule has 2 unspecified atom stereocenters. The first kappa shape index (κ1) is 9.10. The standard InChI is InChI=1S/C11H14OS/c1-9-7-13-8-11(9,12)10-5-3-2-4-6-10/h2-6,9,12H,7-8H2,1H3. The van der Waals surface area contributed by atoms with Gasteiger partial charge in [-0.25, -0.2) is 0 Å². The molecule has 1 nitrogen and oxygen atoms in total. The summed E-state index contributed by atoms with van der Waals surface area (Å²) >= 11 is 1.83. The molecule has 0 bridgehead atoms. The van der Waals surface area contributed by atoms with E-state index in [1.165, 1.54) is 0 Å². The molecule has 13 heavy (non-hydrogen) atoms. The molecule has 1 aliphatic heterocycles. The van der Waals surface area contributed by atoms with Gasteiger partial charge in [-0.1, -0.05) is 37.3 Å². The Labute approximate surface area is 83.2 Å². The Morgan fingerprint density at radius 2 is 2.08 bits per heavy atom. The molecule has 1 heterocycles. The van der Waals surface area contributed by atoms with Crippen LogP contribution in [-0.4, -0.2) is 16.6 Å². The van der Waals surface area contributed by atoms with Crippen LogP contribution in [0.4, 0.5) is 0 Å². The number of rotatable bonds is 1. The number of aliphatic hydroxyl groups is 1. The minimum absolute atomic E-state index is 0.361. The monoisotopic (exact) mass is 194 g/mol. The second-order valence-electron chi connectivity index (χ2n) is 3.71. The third-order valence-electron chi connectivity index (χ3n) is 2.78. The molecule has 0 spiro atoms. The van der Waals surface area contributed by atoms with Gasteiger partial charge in [0.15, 0.2) is 0 Å². The fraction of sp³-hybridized carbons (Fsp3) is 0.455. The second-order valence-corrected chi connectivity index (χ2v) is 4.74. The van der Waals surface area contributed by atoms with Crippen molar-refractivity contribution in [1.82, 2.24) is 0 Å². The summed E-state index contributed by atoms with van der Waals surface area (Å²) in [5.41, 5.74) is 0.471. The van der Waals surface area contributed by atoms with Crippen LogP contribution in [0.2, 0.25) is 0 Å². The van der Waals surface area contributed by atoms with E-state index >= 15 is 0 Å². The lowest BCUT2D eigenvalue weighted by Gasteiger charge is -2.27. The van der Waals surface area contributed by atoms with Crippen LogP contribution in [0.25, 0.3) is 0 Å². The molecule has 2 rings (SSSR count). The molecule has 1 aromatic rings. The third kappa shape index (κ3) is 1.49. The zero-order chi connectivity index (χ0) is 9.31. The highest BCUT2D eigenvalue weighted by molar-refractivity contribution is 7.99. The van der Waals surface area contributed by atoms with Gasteiger partial charge in [0.1, 0.15) is 5.60 Å². The summed E-state index contributed by atoms with van der Waals surface area (Å²) in [6.45, 7) is 2.12. The number of hydrogen-bond donors (Lipinski definition) is 1. The highest BCUT2D eigenvalue weighted by Gasteiger charge is 2.40. The van der Waals surface area contributed by atoms with E-state index in [2.05, 4.69) is 6.92 Å². The molecule has 1 fully saturated rings. The van der Waals surface area contributed by atoms with E-state index in [1.54, 1.807) is 0 Å². The van der Waals surface area contributed by atoms with Gasteiger partial charge in [0, 0.05) is 5.75 Å². The summed E-state index contributed by atoms with van der Waals surface area (Å²) in [5, 5.41) is 10.4. The summed E-state index contributed by atoms with van der Waals surface area (Å²) < 4.78 is 0. The van der Waals surface area contributed by atoms with Crippen molar-refractivity contribution in [3.63, 3.8) is 0 Å². The average molecular weight is 194 g/mol. The van der Waals surface area contributed by atoms with Crippen molar-refractivity contribution in [3.8, 4) is 0 Å². The van der Waals surface area contributed by atoms with Crippen molar-refractivity contribution in [2.24, 2.45) is 5.92 Å². The predicted molar refractivity (Wildman–Crippen MR) is 56.8 cm³/mol. The van der Waals surface area contributed by atoms with E-state index in [4.69, 9.17) is 0 Å². The van der Waals surface area contributed by atoms with Crippen molar-refractivity contribution in [2.75, 3.05) is 11.5 Å². The van der Waals surface area contributed by atoms with Crippen molar-refractivity contribution < 1.29 is 5.11 Å². The second kappa shape index (κ2) is 3.35. The van der Waals surface area contributed by atoms with Crippen LogP contribution in [0.15, 0.2) is 30.3 Å². The normalized spacial score (nSPS) is 33.5. The average Bonchev–Trinajstić information content (AvgIpc) is 2.50. The molecule has 1 aliphatic rings. The van der Waals surface area contributed by atoms with Crippen molar-refractivity contribution in [3.05, 3.63) is 35.9 Å². The first-order valence-electron chi connectivity index (χ1n) is 4.59. The van der Waals surface area contributed by atoms with Crippen LogP contribution in [-0.2, 0) is 5.60 Å². The van der Waals surface area contributed by atoms with Crippen LogP contribution in [0.1, 0.15) is 12.5 Å². The SMILES string of the molecule is CC1CSCC1(O)c1ccccc1. The fourth-order valence-corrected chi connectivity index (χ4v) is 3.28. The molecule has 0 radical (unpaired) electrons. The molecule has 0 aromatic heterocycles. The minimum atomic E-state index is -0.591. The molecule has 2 atom stereocenters. The summed E-state index contributed by atoms with van der Waals surface area (Å²) in [7, 11) is 0. The lowest BCUT2D eigenvalue weighted by molar-refractivity contribution is 0.0234. The van der Waals surface area contributed by atoms with E-state index in [0.29, 0.717) is 5.92 Å². The molecular formula is C11H14OS. The fourth-order valence-electron chi connectivity index (χ4n) is 1.77. The molecule has 0 saturated carbocycles. The van der Waals surface area contributed by atoms with Crippen molar-refractivity contribution >= 4 is 11.8 Å². The number of thioether (sulfide) groups is 1. The van der Waals surface area contributed by atoms with E-state index in [1.807, 2.05) is 42.1 Å². The van der Waals surface area contributed by atoms with Crippen LogP contribution < -0.4 is 0 Å². The Hall–Kier alpha value is -0.470. The zero-order valence-electron chi connectivity index (χ0n) is 7.73. The van der Waals surface area contributed by atoms with Crippen LogP contribution >= 0.6 is 11.8 Å². The first-order chi connectivity index (χ1) is 6.23. The predicted octanol–water partition coefficient (Wildman–Crippen LogP) is 2.26. The molecule has 0 aliphatic carbocycles. The Morgan fingerprint density at radius 1 is 1.38 bits per heavy atom. The van der Waals surface area contributed by atoms with Gasteiger partial charge in [-0.3, -0.25) is 0 Å². The lowest BCUT2D eigenvalue weighted by Crippen LogP contribution is -2.32. The van der Waals surface area contributed by atoms with E-state index in [9.17, 15) is 5.11 Å². The van der Waals surface area contributed by atoms with Crippen molar-refractivity contribution in [2.45, 2.75) is 12.5 Å². The van der Waals surface area contributed by atoms with Gasteiger partial charge < -0.3 is 5.11 Å². The van der Waals surface area contributed by atoms with Crippen LogP contribution in [0, 0.1) is 5.92 Å². The number of benzene rings is 1. The molecular weight excluding hydrogens is 180 g/mol. The van der Waals surface area contributed by atoms with Gasteiger partial charge >= 0.3 is 0 Å². The molecule has 70 valence electrons. The van der Waals surface area contributed by atoms with Gasteiger partial charge in [0.25, 0.3) is 0 Å². The Bertz CT molecular complexity index is 285. The Morgan fingerprint density at radius 3 is 2.62 bits per heavy atom. The summed E-state index contributed by atoms with van der Waals surface area (Å²) in [5.74, 6) is 2.25. The molecule has 1 N–H and O–H groups in total. The quantitative estimate of drug-likeness (QED) is 0.740. The largest absolute Gasteiger partial charge is 0.384 e. The molecule has 2 heteroatoms. The highest BCUT2D eigenvalue weighted by Crippen LogP contribution is 2.40. The van der Waals surface area contributed by atoms with Crippen LogP contribution in [0.3, 0.4) is 0 Å². The first-order valence-corrected chi connectivity index (χ1v) is 5.74. The maximum absolute atomic E-state index is 10.4. The van der Waals surface area contributed by atoms with Crippen molar-refractivity contribution in [1.29, 1.82) is 0 Å². The van der Waals surface area contributed by atoms with Gasteiger partial charge in [-0.2, -0.15) is 11.8 Å². The molecule has 1 aromatic carbocycles. The molecule has 1 saturated heterocycles. The van der Waals surface area contributed by atoms with Gasteiger partial charge in [-0.05, 0) is 17.2 Å². The zero-order valence-corrected chi connectivity index (χ0v) is 8.55. The van der Waals surface area contributed by atoms with E-state index in [0.717, 1.165) is 17.1 Å². The maximum Gasteiger partial charge on any atom is 0.102 e. The number of hydrogen-bond acceptors (Lipinski definition) is 2. The summed E-state index contributed by atoms with van der Waals surface area (Å²) in [6, 6.07) is 10.00. The summed E-state index contributed by atoms with van der Waals surface area (Å²) in [6.07, 6.45) is 0. The van der Waals surface area contributed by atoms with Gasteiger partial charge in [-0.15, -0.1) is 0 Å². The van der Waals surface area contributed by atoms with Crippen LogP contribution in [0.5, 0.6) is 0 Å². The third-order valence-corrected chi connectivity index (χ3v) is 4.16. The van der Waals surface area contributed by atoms with E-state index < -0.39 is 5.60 Å². The minimum Gasteiger partial charge on any atom is -0.384 e. The smallest absolute Gasteiger partial charge is 0.102 e. The topological polar surface area (TPSA) is 20.2 Å². The molecule has 0 amide bonds. The Balaban J connectivity index is 2.34. The lowest BCUT2D eigenvalue weighted by atomic mass is 9.85. The van der Waals surface area contributed by atoms with E-state index in [-0.39, 0.29) is 0 Å². The highest BCUT2D eigenvalue weighted by atomic mass is 32.2.